The Morgan fingerprint density at radius 2 is 2.04 bits per heavy atom. The number of esters is 1. The van der Waals surface area contributed by atoms with Crippen molar-refractivity contribution in [3.05, 3.63) is 35.3 Å². The summed E-state index contributed by atoms with van der Waals surface area (Å²) in [6, 6.07) is 7.51. The SMILES string of the molecule is COc1cccc(-c2nc(COC(=O)CN3C(=O)CCC3=O)cs2)c1. The van der Waals surface area contributed by atoms with Crippen LogP contribution in [0.3, 0.4) is 0 Å². The van der Waals surface area contributed by atoms with Gasteiger partial charge >= 0.3 is 5.97 Å². The van der Waals surface area contributed by atoms with Crippen molar-refractivity contribution in [3.8, 4) is 16.3 Å². The van der Waals surface area contributed by atoms with Crippen LogP contribution in [0.2, 0.25) is 0 Å². The number of hydrogen-bond donors (Lipinski definition) is 0. The van der Waals surface area contributed by atoms with E-state index in [0.29, 0.717) is 5.69 Å². The number of carbonyl (C=O) groups excluding carboxylic acids is 3. The van der Waals surface area contributed by atoms with Gasteiger partial charge < -0.3 is 9.47 Å². The molecule has 130 valence electrons. The minimum Gasteiger partial charge on any atom is -0.497 e. The number of nitrogens with zero attached hydrogens (tertiary/aromatic N) is 2. The molecule has 0 radical (unpaired) electrons. The summed E-state index contributed by atoms with van der Waals surface area (Å²) >= 11 is 1.43. The number of carbonyl (C=O) groups is 3. The number of ether oxygens (including phenoxy) is 2. The van der Waals surface area contributed by atoms with E-state index in [-0.39, 0.29) is 37.8 Å². The molecule has 0 bridgehead atoms. The lowest BCUT2D eigenvalue weighted by atomic mass is 10.2. The van der Waals surface area contributed by atoms with E-state index in [1.54, 1.807) is 12.5 Å². The van der Waals surface area contributed by atoms with Gasteiger partial charge in [0.2, 0.25) is 11.8 Å². The van der Waals surface area contributed by atoms with Crippen LogP contribution in [0.25, 0.3) is 10.6 Å². The number of likely N-dealkylation sites (tertiary alicyclic amines) is 1. The van der Waals surface area contributed by atoms with E-state index < -0.39 is 5.97 Å². The maximum Gasteiger partial charge on any atom is 0.326 e. The largest absolute Gasteiger partial charge is 0.497 e. The minimum atomic E-state index is -0.625. The van der Waals surface area contributed by atoms with Gasteiger partial charge in [0.1, 0.15) is 23.9 Å². The summed E-state index contributed by atoms with van der Waals surface area (Å²) in [4.78, 5) is 40.1. The van der Waals surface area contributed by atoms with Gasteiger partial charge in [0.05, 0.1) is 12.8 Å². The summed E-state index contributed by atoms with van der Waals surface area (Å²) in [6.07, 6.45) is 0.310. The first kappa shape index (κ1) is 17.1. The molecular weight excluding hydrogens is 344 g/mol. The minimum absolute atomic E-state index is 0.00444. The Labute approximate surface area is 148 Å². The van der Waals surface area contributed by atoms with Crippen LogP contribution in [0.15, 0.2) is 29.6 Å². The number of aromatic nitrogens is 1. The molecule has 1 aliphatic rings. The molecule has 0 spiro atoms. The number of rotatable bonds is 6. The predicted octanol–water partition coefficient (Wildman–Crippen LogP) is 2.01. The molecule has 0 unspecified atom stereocenters. The molecule has 7 nitrogen and oxygen atoms in total. The summed E-state index contributed by atoms with van der Waals surface area (Å²) < 4.78 is 10.3. The highest BCUT2D eigenvalue weighted by molar-refractivity contribution is 7.13. The van der Waals surface area contributed by atoms with Crippen LogP contribution in [-0.4, -0.2) is 41.3 Å². The maximum atomic E-state index is 11.8. The summed E-state index contributed by atoms with van der Waals surface area (Å²) in [5.41, 5.74) is 1.52. The van der Waals surface area contributed by atoms with Crippen LogP contribution in [0, 0.1) is 0 Å². The molecule has 1 aromatic carbocycles. The number of thiazole rings is 1. The topological polar surface area (TPSA) is 85.8 Å². The second-order valence-corrected chi connectivity index (χ2v) is 6.27. The van der Waals surface area contributed by atoms with Gasteiger partial charge in [-0.25, -0.2) is 4.98 Å². The van der Waals surface area contributed by atoms with E-state index in [4.69, 9.17) is 9.47 Å². The molecule has 0 aliphatic carbocycles. The Kier molecular flexibility index (Phi) is 5.08. The zero-order chi connectivity index (χ0) is 17.8. The zero-order valence-corrected chi connectivity index (χ0v) is 14.4. The Bertz CT molecular complexity index is 801. The third kappa shape index (κ3) is 4.03. The molecule has 1 fully saturated rings. The highest BCUT2D eigenvalue weighted by atomic mass is 32.1. The molecule has 0 atom stereocenters. The van der Waals surface area contributed by atoms with Gasteiger partial charge in [-0.15, -0.1) is 11.3 Å². The average molecular weight is 360 g/mol. The van der Waals surface area contributed by atoms with Crippen LogP contribution in [0.5, 0.6) is 5.75 Å². The normalized spacial score (nSPS) is 14.0. The summed E-state index contributed by atoms with van der Waals surface area (Å²) in [6.45, 7) is -0.347. The zero-order valence-electron chi connectivity index (χ0n) is 13.6. The Balaban J connectivity index is 1.57. The molecule has 0 saturated carbocycles. The lowest BCUT2D eigenvalue weighted by Gasteiger charge is -2.12. The Morgan fingerprint density at radius 1 is 1.28 bits per heavy atom. The van der Waals surface area contributed by atoms with E-state index in [1.165, 1.54) is 11.3 Å². The number of benzene rings is 1. The van der Waals surface area contributed by atoms with Crippen molar-refractivity contribution in [2.45, 2.75) is 19.4 Å². The quantitative estimate of drug-likeness (QED) is 0.579. The standard InChI is InChI=1S/C17H16N2O5S/c1-23-13-4-2-3-11(7-13)17-18-12(10-25-17)9-24-16(22)8-19-14(20)5-6-15(19)21/h2-4,7,10H,5-6,8-9H2,1H3. The third-order valence-electron chi connectivity index (χ3n) is 3.69. The number of amides is 2. The van der Waals surface area contributed by atoms with E-state index in [9.17, 15) is 14.4 Å². The number of imide groups is 1. The highest BCUT2D eigenvalue weighted by Gasteiger charge is 2.30. The Morgan fingerprint density at radius 3 is 2.76 bits per heavy atom. The summed E-state index contributed by atoms with van der Waals surface area (Å²) in [5.74, 6) is -0.563. The highest BCUT2D eigenvalue weighted by Crippen LogP contribution is 2.27. The monoisotopic (exact) mass is 360 g/mol. The van der Waals surface area contributed by atoms with Gasteiger partial charge in [-0.05, 0) is 12.1 Å². The van der Waals surface area contributed by atoms with Crippen molar-refractivity contribution in [1.82, 2.24) is 9.88 Å². The van der Waals surface area contributed by atoms with Crippen molar-refractivity contribution in [2.24, 2.45) is 0 Å². The number of methoxy groups -OCH3 is 1. The van der Waals surface area contributed by atoms with Crippen molar-refractivity contribution in [1.29, 1.82) is 0 Å². The van der Waals surface area contributed by atoms with Crippen LogP contribution >= 0.6 is 11.3 Å². The average Bonchev–Trinajstić information content (AvgIpc) is 3.22. The van der Waals surface area contributed by atoms with Crippen molar-refractivity contribution in [2.75, 3.05) is 13.7 Å². The molecule has 2 heterocycles. The third-order valence-corrected chi connectivity index (χ3v) is 4.63. The van der Waals surface area contributed by atoms with Crippen molar-refractivity contribution in [3.63, 3.8) is 0 Å². The lowest BCUT2D eigenvalue weighted by Crippen LogP contribution is -2.35. The molecule has 1 aliphatic heterocycles. The molecule has 2 aromatic rings. The molecule has 2 amide bonds. The van der Waals surface area contributed by atoms with Gasteiger partial charge in [-0.1, -0.05) is 12.1 Å². The fourth-order valence-electron chi connectivity index (χ4n) is 2.39. The summed E-state index contributed by atoms with van der Waals surface area (Å²) in [5, 5.41) is 2.59. The predicted molar refractivity (Wildman–Crippen MR) is 89.9 cm³/mol. The number of hydrogen-bond acceptors (Lipinski definition) is 7. The first-order valence-corrected chi connectivity index (χ1v) is 8.52. The van der Waals surface area contributed by atoms with E-state index in [0.717, 1.165) is 21.2 Å². The fourth-order valence-corrected chi connectivity index (χ4v) is 3.19. The molecule has 1 aromatic heterocycles. The van der Waals surface area contributed by atoms with Crippen molar-refractivity contribution >= 4 is 29.1 Å². The summed E-state index contributed by atoms with van der Waals surface area (Å²) in [7, 11) is 1.60. The van der Waals surface area contributed by atoms with Crippen LogP contribution < -0.4 is 4.74 Å². The van der Waals surface area contributed by atoms with Gasteiger partial charge in [-0.2, -0.15) is 0 Å². The second-order valence-electron chi connectivity index (χ2n) is 5.41. The first-order chi connectivity index (χ1) is 12.1. The van der Waals surface area contributed by atoms with E-state index in [1.807, 2.05) is 24.3 Å². The van der Waals surface area contributed by atoms with Crippen molar-refractivity contribution < 1.29 is 23.9 Å². The van der Waals surface area contributed by atoms with E-state index in [2.05, 4.69) is 4.98 Å². The van der Waals surface area contributed by atoms with Gasteiger partial charge in [0.25, 0.3) is 0 Å². The van der Waals surface area contributed by atoms with E-state index >= 15 is 0 Å². The van der Waals surface area contributed by atoms with Crippen LogP contribution in [0.4, 0.5) is 0 Å². The maximum absolute atomic E-state index is 11.8. The van der Waals surface area contributed by atoms with Gasteiger partial charge in [0.15, 0.2) is 0 Å². The molecule has 8 heteroatoms. The molecule has 0 N–H and O–H groups in total. The van der Waals surface area contributed by atoms with Crippen LogP contribution in [0.1, 0.15) is 18.5 Å². The lowest BCUT2D eigenvalue weighted by molar-refractivity contribution is -0.153. The van der Waals surface area contributed by atoms with Gasteiger partial charge in [-0.3, -0.25) is 19.3 Å². The van der Waals surface area contributed by atoms with Gasteiger partial charge in [0, 0.05) is 23.8 Å². The molecule has 1 saturated heterocycles. The molecule has 3 rings (SSSR count). The Hall–Kier alpha value is -2.74. The second kappa shape index (κ2) is 7.43. The first-order valence-electron chi connectivity index (χ1n) is 7.64. The fraction of sp³-hybridized carbons (Fsp3) is 0.294. The molecule has 25 heavy (non-hydrogen) atoms. The molecular formula is C17H16N2O5S. The smallest absolute Gasteiger partial charge is 0.326 e. The van der Waals surface area contributed by atoms with Crippen LogP contribution in [-0.2, 0) is 25.7 Å².